The van der Waals surface area contributed by atoms with Gasteiger partial charge in [-0.05, 0) is 35.6 Å². The zero-order chi connectivity index (χ0) is 17.7. The first kappa shape index (κ1) is 17.5. The zero-order valence-corrected chi connectivity index (χ0v) is 15.1. The first-order valence-corrected chi connectivity index (χ1v) is 9.65. The maximum absolute atomic E-state index is 6.07. The highest BCUT2D eigenvalue weighted by molar-refractivity contribution is 5.65. The number of rotatable bonds is 3. The van der Waals surface area contributed by atoms with Crippen molar-refractivity contribution in [2.45, 2.75) is 50.4 Å². The van der Waals surface area contributed by atoms with E-state index in [-0.39, 0.29) is 6.10 Å². The van der Waals surface area contributed by atoms with E-state index in [1.165, 1.54) is 24.0 Å². The third-order valence-electron chi connectivity index (χ3n) is 5.22. The van der Waals surface area contributed by atoms with Crippen LogP contribution < -0.4 is 0 Å². The first-order chi connectivity index (χ1) is 12.8. The van der Waals surface area contributed by atoms with Crippen LogP contribution in [-0.2, 0) is 14.5 Å². The van der Waals surface area contributed by atoms with Gasteiger partial charge in [-0.15, -0.1) is 0 Å². The van der Waals surface area contributed by atoms with E-state index in [4.69, 9.17) is 14.5 Å². The van der Waals surface area contributed by atoms with Gasteiger partial charge in [-0.25, -0.2) is 9.78 Å². The molecule has 1 atom stereocenters. The Morgan fingerprint density at radius 3 is 2.15 bits per heavy atom. The van der Waals surface area contributed by atoms with Crippen molar-refractivity contribution < 1.29 is 14.5 Å². The van der Waals surface area contributed by atoms with Gasteiger partial charge in [-0.2, -0.15) is 0 Å². The van der Waals surface area contributed by atoms with Crippen LogP contribution in [0.5, 0.6) is 0 Å². The van der Waals surface area contributed by atoms with E-state index in [0.29, 0.717) is 6.61 Å². The van der Waals surface area contributed by atoms with Crippen LogP contribution >= 0.6 is 0 Å². The summed E-state index contributed by atoms with van der Waals surface area (Å²) in [5, 5.41) is 0. The second-order valence-corrected chi connectivity index (χ2v) is 7.20. The van der Waals surface area contributed by atoms with Crippen molar-refractivity contribution >= 4 is 6.08 Å². The topological polar surface area (TPSA) is 27.7 Å². The molecule has 3 nitrogen and oxygen atoms in total. The molecule has 1 spiro atoms. The van der Waals surface area contributed by atoms with Gasteiger partial charge in [0, 0.05) is 12.8 Å². The molecule has 1 saturated carbocycles. The molecule has 4 rings (SSSR count). The van der Waals surface area contributed by atoms with E-state index in [2.05, 4.69) is 54.6 Å². The predicted molar refractivity (Wildman–Crippen MR) is 103 cm³/mol. The smallest absolute Gasteiger partial charge is 0.201 e. The third kappa shape index (κ3) is 4.24. The van der Waals surface area contributed by atoms with Crippen LogP contribution in [0.3, 0.4) is 0 Å². The molecular formula is C23H26O3. The fourth-order valence-corrected chi connectivity index (χ4v) is 3.65. The third-order valence-corrected chi connectivity index (χ3v) is 5.22. The average molecular weight is 350 g/mol. The molecule has 1 saturated heterocycles. The van der Waals surface area contributed by atoms with Crippen LogP contribution in [0.25, 0.3) is 17.2 Å². The predicted octanol–water partition coefficient (Wildman–Crippen LogP) is 5.76. The second kappa shape index (κ2) is 8.17. The van der Waals surface area contributed by atoms with Gasteiger partial charge in [-0.3, -0.25) is 0 Å². The van der Waals surface area contributed by atoms with Gasteiger partial charge in [0.2, 0.25) is 5.79 Å². The van der Waals surface area contributed by atoms with E-state index >= 15 is 0 Å². The first-order valence-electron chi connectivity index (χ1n) is 9.65. The number of hydrogen-bond acceptors (Lipinski definition) is 3. The summed E-state index contributed by atoms with van der Waals surface area (Å²) in [7, 11) is 0. The average Bonchev–Trinajstić information content (AvgIpc) is 2.94. The summed E-state index contributed by atoms with van der Waals surface area (Å²) in [4.78, 5) is 11.3. The lowest BCUT2D eigenvalue weighted by atomic mass is 10.0. The maximum atomic E-state index is 6.07. The molecule has 0 amide bonds. The Balaban J connectivity index is 1.34. The lowest BCUT2D eigenvalue weighted by Gasteiger charge is -2.37. The molecule has 136 valence electrons. The van der Waals surface area contributed by atoms with Crippen LogP contribution in [0.2, 0.25) is 0 Å². The van der Waals surface area contributed by atoms with Crippen LogP contribution in [-0.4, -0.2) is 18.5 Å². The molecule has 2 aromatic carbocycles. The molecule has 0 aromatic heterocycles. The minimum Gasteiger partial charge on any atom is -0.344 e. The Kier molecular flexibility index (Phi) is 5.49. The van der Waals surface area contributed by atoms with Crippen LogP contribution in [0.4, 0.5) is 0 Å². The molecule has 2 fully saturated rings. The standard InChI is InChI=1S/C23H26O3/c1-2-7-17-23(16-6-1)24-18-22(25-26-23)15-12-19-10-13-21(14-11-19)20-8-4-3-5-9-20/h3-5,8-15,22H,1-2,6-7,16-18H2. The van der Waals surface area contributed by atoms with Gasteiger partial charge in [0.05, 0.1) is 6.61 Å². The molecule has 0 N–H and O–H groups in total. The van der Waals surface area contributed by atoms with E-state index in [0.717, 1.165) is 31.2 Å². The van der Waals surface area contributed by atoms with Crippen molar-refractivity contribution in [3.05, 3.63) is 66.2 Å². The molecule has 0 bridgehead atoms. The van der Waals surface area contributed by atoms with Gasteiger partial charge in [0.1, 0.15) is 6.10 Å². The van der Waals surface area contributed by atoms with Gasteiger partial charge in [0.25, 0.3) is 0 Å². The normalized spacial score (nSPS) is 23.2. The van der Waals surface area contributed by atoms with Crippen molar-refractivity contribution in [3.8, 4) is 11.1 Å². The highest BCUT2D eigenvalue weighted by Gasteiger charge is 2.39. The van der Waals surface area contributed by atoms with Crippen molar-refractivity contribution in [2.75, 3.05) is 6.61 Å². The maximum Gasteiger partial charge on any atom is 0.201 e. The summed E-state index contributed by atoms with van der Waals surface area (Å²) in [6, 6.07) is 18.9. The summed E-state index contributed by atoms with van der Waals surface area (Å²) in [6.07, 6.45) is 10.6. The van der Waals surface area contributed by atoms with Gasteiger partial charge in [-0.1, -0.05) is 73.5 Å². The highest BCUT2D eigenvalue weighted by Crippen LogP contribution is 2.35. The molecule has 3 heteroatoms. The van der Waals surface area contributed by atoms with Gasteiger partial charge >= 0.3 is 0 Å². The van der Waals surface area contributed by atoms with Gasteiger partial charge < -0.3 is 4.74 Å². The molecule has 26 heavy (non-hydrogen) atoms. The lowest BCUT2D eigenvalue weighted by molar-refractivity contribution is -0.482. The Bertz CT molecular complexity index is 703. The van der Waals surface area contributed by atoms with Crippen molar-refractivity contribution in [3.63, 3.8) is 0 Å². The number of hydrogen-bond donors (Lipinski definition) is 0. The lowest BCUT2D eigenvalue weighted by Crippen LogP contribution is -2.44. The Morgan fingerprint density at radius 2 is 1.50 bits per heavy atom. The zero-order valence-electron chi connectivity index (χ0n) is 15.1. The molecule has 1 unspecified atom stereocenters. The molecule has 2 aromatic rings. The van der Waals surface area contributed by atoms with Crippen LogP contribution in [0, 0.1) is 0 Å². The van der Waals surface area contributed by atoms with Crippen LogP contribution in [0.1, 0.15) is 44.1 Å². The summed E-state index contributed by atoms with van der Waals surface area (Å²) >= 11 is 0. The highest BCUT2D eigenvalue weighted by atomic mass is 17.2. The summed E-state index contributed by atoms with van der Waals surface area (Å²) in [5.41, 5.74) is 3.59. The minimum absolute atomic E-state index is 0.155. The minimum atomic E-state index is -0.502. The second-order valence-electron chi connectivity index (χ2n) is 7.20. The van der Waals surface area contributed by atoms with Crippen molar-refractivity contribution in [1.29, 1.82) is 0 Å². The molecule has 1 aliphatic carbocycles. The van der Waals surface area contributed by atoms with Crippen LogP contribution in [0.15, 0.2) is 60.7 Å². The molecule has 2 aliphatic rings. The summed E-state index contributed by atoms with van der Waals surface area (Å²) in [5.74, 6) is -0.502. The van der Waals surface area contributed by atoms with Gasteiger partial charge in [0.15, 0.2) is 0 Å². The van der Waals surface area contributed by atoms with E-state index in [1.54, 1.807) is 0 Å². The molecular weight excluding hydrogens is 324 g/mol. The molecule has 0 radical (unpaired) electrons. The van der Waals surface area contributed by atoms with E-state index in [9.17, 15) is 0 Å². The fourth-order valence-electron chi connectivity index (χ4n) is 3.65. The summed E-state index contributed by atoms with van der Waals surface area (Å²) < 4.78 is 6.07. The monoisotopic (exact) mass is 350 g/mol. The van der Waals surface area contributed by atoms with E-state index < -0.39 is 5.79 Å². The SMILES string of the molecule is C(=CC1COC2(CCCCCC2)OO1)c1ccc(-c2ccccc2)cc1. The quantitative estimate of drug-likeness (QED) is 0.658. The number of benzene rings is 2. The van der Waals surface area contributed by atoms with Crippen molar-refractivity contribution in [2.24, 2.45) is 0 Å². The Labute approximate surface area is 155 Å². The summed E-state index contributed by atoms with van der Waals surface area (Å²) in [6.45, 7) is 0.554. The van der Waals surface area contributed by atoms with Crippen molar-refractivity contribution in [1.82, 2.24) is 0 Å². The molecule has 1 aliphatic heterocycles. The Morgan fingerprint density at radius 1 is 0.808 bits per heavy atom. The Hall–Kier alpha value is -1.94. The molecule has 1 heterocycles. The largest absolute Gasteiger partial charge is 0.344 e. The van der Waals surface area contributed by atoms with E-state index in [1.807, 2.05) is 12.1 Å². The fraction of sp³-hybridized carbons (Fsp3) is 0.391. The number of ether oxygens (including phenoxy) is 1.